The molecule has 1 aromatic carbocycles. The Bertz CT molecular complexity index is 798. The number of sulfone groups is 1. The molecule has 1 amide bonds. The van der Waals surface area contributed by atoms with Crippen LogP contribution in [0.4, 0.5) is 5.69 Å². The van der Waals surface area contributed by atoms with Gasteiger partial charge in [-0.2, -0.15) is 0 Å². The fourth-order valence-corrected chi connectivity index (χ4v) is 6.36. The van der Waals surface area contributed by atoms with Crippen molar-refractivity contribution in [1.29, 1.82) is 0 Å². The van der Waals surface area contributed by atoms with Crippen LogP contribution in [0.5, 0.6) is 5.75 Å². The minimum Gasteiger partial charge on any atom is -0.494 e. The summed E-state index contributed by atoms with van der Waals surface area (Å²) in [4.78, 5) is 15.5. The summed E-state index contributed by atoms with van der Waals surface area (Å²) in [7, 11) is -3.25. The van der Waals surface area contributed by atoms with Crippen LogP contribution in [0.25, 0.3) is 0 Å². The maximum Gasteiger partial charge on any atom is 0.214 e. The van der Waals surface area contributed by atoms with Crippen molar-refractivity contribution in [2.24, 2.45) is 0 Å². The van der Waals surface area contributed by atoms with Crippen LogP contribution in [0.3, 0.4) is 0 Å². The second kappa shape index (κ2) is 17.0. The van der Waals surface area contributed by atoms with Crippen LogP contribution >= 0.6 is 0 Å². The summed E-state index contributed by atoms with van der Waals surface area (Å²) in [5, 5.41) is -0.316. The zero-order chi connectivity index (χ0) is 25.4. The van der Waals surface area contributed by atoms with E-state index in [4.69, 9.17) is 4.74 Å². The molecule has 1 unspecified atom stereocenters. The highest BCUT2D eigenvalue weighted by Crippen LogP contribution is 2.22. The quantitative estimate of drug-likeness (QED) is 0.163. The largest absolute Gasteiger partial charge is 0.494 e. The van der Waals surface area contributed by atoms with Gasteiger partial charge in [0.2, 0.25) is 6.41 Å². The second-order valence-electron chi connectivity index (χ2n) is 9.90. The van der Waals surface area contributed by atoms with Gasteiger partial charge in [0.25, 0.3) is 0 Å². The molecule has 0 spiro atoms. The number of benzene rings is 1. The van der Waals surface area contributed by atoms with Gasteiger partial charge in [-0.25, -0.2) is 8.42 Å². The molecule has 200 valence electrons. The Morgan fingerprint density at radius 1 is 0.943 bits per heavy atom. The van der Waals surface area contributed by atoms with Crippen LogP contribution in [-0.4, -0.2) is 63.5 Å². The number of unbranched alkanes of at least 4 members (excludes halogenated alkanes) is 9. The lowest BCUT2D eigenvalue weighted by molar-refractivity contribution is -0.107. The van der Waals surface area contributed by atoms with Crippen LogP contribution in [-0.2, 0) is 14.6 Å². The maximum atomic E-state index is 13.0. The number of ether oxygens (including phenoxy) is 1. The average Bonchev–Trinajstić information content (AvgIpc) is 3.34. The third kappa shape index (κ3) is 11.3. The average molecular weight is 509 g/mol. The first-order chi connectivity index (χ1) is 17.0. The van der Waals surface area contributed by atoms with E-state index in [-0.39, 0.29) is 17.5 Å². The Morgan fingerprint density at radius 3 is 2.23 bits per heavy atom. The number of nitrogens with zero attached hydrogens (tertiary/aromatic N) is 2. The molecular formula is C28H48N2O4S. The smallest absolute Gasteiger partial charge is 0.214 e. The predicted molar refractivity (Wildman–Crippen MR) is 146 cm³/mol. The van der Waals surface area contributed by atoms with Crippen LogP contribution in [0.15, 0.2) is 24.3 Å². The number of anilines is 1. The van der Waals surface area contributed by atoms with Gasteiger partial charge in [0.05, 0.1) is 17.6 Å². The van der Waals surface area contributed by atoms with Crippen molar-refractivity contribution >= 4 is 21.9 Å². The highest BCUT2D eigenvalue weighted by atomic mass is 32.2. The first kappa shape index (κ1) is 29.6. The zero-order valence-corrected chi connectivity index (χ0v) is 22.9. The SMILES string of the molecule is CCCCCCCCCN1CCC(S(=O)(=O)CCN(C=O)c2ccc(OCCCCCC)cc2)C1. The highest BCUT2D eigenvalue weighted by molar-refractivity contribution is 7.92. The lowest BCUT2D eigenvalue weighted by Gasteiger charge is -2.20. The van der Waals surface area contributed by atoms with E-state index in [1.807, 2.05) is 24.3 Å². The predicted octanol–water partition coefficient (Wildman–Crippen LogP) is 5.85. The summed E-state index contributed by atoms with van der Waals surface area (Å²) in [6.07, 6.45) is 14.9. The monoisotopic (exact) mass is 508 g/mol. The zero-order valence-electron chi connectivity index (χ0n) is 22.1. The van der Waals surface area contributed by atoms with Crippen molar-refractivity contribution in [2.45, 2.75) is 96.1 Å². The van der Waals surface area contributed by atoms with E-state index in [1.165, 1.54) is 62.7 Å². The van der Waals surface area contributed by atoms with Crippen molar-refractivity contribution < 1.29 is 17.9 Å². The van der Waals surface area contributed by atoms with E-state index >= 15 is 0 Å². The fraction of sp³-hybridized carbons (Fsp3) is 0.750. The number of carbonyl (C=O) groups excluding carboxylic acids is 1. The molecule has 1 aromatic rings. The van der Waals surface area contributed by atoms with Crippen LogP contribution in [0.1, 0.15) is 90.9 Å². The summed E-state index contributed by atoms with van der Waals surface area (Å²) in [5.74, 6) is 0.771. The molecule has 7 heteroatoms. The Morgan fingerprint density at radius 2 is 1.57 bits per heavy atom. The van der Waals surface area contributed by atoms with Crippen molar-refractivity contribution in [1.82, 2.24) is 4.90 Å². The van der Waals surface area contributed by atoms with Crippen molar-refractivity contribution in [2.75, 3.05) is 43.4 Å². The summed E-state index contributed by atoms with van der Waals surface area (Å²) < 4.78 is 31.7. The molecule has 1 fully saturated rings. The topological polar surface area (TPSA) is 66.9 Å². The van der Waals surface area contributed by atoms with Gasteiger partial charge in [0.15, 0.2) is 9.84 Å². The number of hydrogen-bond donors (Lipinski definition) is 0. The number of carbonyl (C=O) groups is 1. The molecule has 0 radical (unpaired) electrons. The number of amides is 1. The lowest BCUT2D eigenvalue weighted by Crippen LogP contribution is -2.34. The minimum absolute atomic E-state index is 0.00262. The summed E-state index contributed by atoms with van der Waals surface area (Å²) in [5.41, 5.74) is 0.695. The normalized spacial score (nSPS) is 16.5. The van der Waals surface area contributed by atoms with Gasteiger partial charge in [0, 0.05) is 18.8 Å². The Labute approximate surface area is 214 Å². The molecule has 2 rings (SSSR count). The molecule has 0 saturated carbocycles. The van der Waals surface area contributed by atoms with E-state index in [1.54, 1.807) is 0 Å². The van der Waals surface area contributed by atoms with Gasteiger partial charge in [-0.3, -0.25) is 4.79 Å². The van der Waals surface area contributed by atoms with Crippen LogP contribution in [0.2, 0.25) is 0 Å². The van der Waals surface area contributed by atoms with Gasteiger partial charge >= 0.3 is 0 Å². The first-order valence-corrected chi connectivity index (χ1v) is 15.6. The second-order valence-corrected chi connectivity index (χ2v) is 12.3. The highest BCUT2D eigenvalue weighted by Gasteiger charge is 2.32. The lowest BCUT2D eigenvalue weighted by atomic mass is 10.1. The molecular weight excluding hydrogens is 460 g/mol. The van der Waals surface area contributed by atoms with Gasteiger partial charge < -0.3 is 14.5 Å². The molecule has 1 aliphatic heterocycles. The van der Waals surface area contributed by atoms with Gasteiger partial charge in [-0.15, -0.1) is 0 Å². The molecule has 1 atom stereocenters. The minimum atomic E-state index is -3.25. The van der Waals surface area contributed by atoms with Crippen LogP contribution in [0, 0.1) is 0 Å². The fourth-order valence-electron chi connectivity index (χ4n) is 4.67. The number of rotatable bonds is 20. The summed E-state index contributed by atoms with van der Waals surface area (Å²) in [6.45, 7) is 7.76. The Kier molecular flexibility index (Phi) is 14.4. The Balaban J connectivity index is 1.72. The summed E-state index contributed by atoms with van der Waals surface area (Å²) >= 11 is 0. The van der Waals surface area contributed by atoms with E-state index in [0.717, 1.165) is 38.1 Å². The van der Waals surface area contributed by atoms with E-state index < -0.39 is 9.84 Å². The molecule has 1 saturated heterocycles. The van der Waals surface area contributed by atoms with E-state index in [2.05, 4.69) is 18.7 Å². The molecule has 35 heavy (non-hydrogen) atoms. The third-order valence-electron chi connectivity index (χ3n) is 6.99. The maximum absolute atomic E-state index is 13.0. The Hall–Kier alpha value is -1.60. The molecule has 1 aliphatic rings. The first-order valence-electron chi connectivity index (χ1n) is 13.9. The van der Waals surface area contributed by atoms with Gasteiger partial charge in [-0.1, -0.05) is 71.6 Å². The molecule has 0 aliphatic carbocycles. The number of hydrogen-bond acceptors (Lipinski definition) is 5. The molecule has 1 heterocycles. The standard InChI is InChI=1S/C28H48N2O4S/c1-3-5-7-9-10-11-12-19-29-20-18-28(24-29)35(32,33)23-21-30(25-31)26-14-16-27(17-15-26)34-22-13-8-6-4-2/h14-17,25,28H,3-13,18-24H2,1-2H3. The van der Waals surface area contributed by atoms with E-state index in [9.17, 15) is 13.2 Å². The molecule has 0 bridgehead atoms. The number of likely N-dealkylation sites (tertiary alicyclic amines) is 1. The molecule has 6 nitrogen and oxygen atoms in total. The third-order valence-corrected chi connectivity index (χ3v) is 9.15. The van der Waals surface area contributed by atoms with Gasteiger partial charge in [0.1, 0.15) is 5.75 Å². The van der Waals surface area contributed by atoms with Crippen molar-refractivity contribution in [3.8, 4) is 5.75 Å². The van der Waals surface area contributed by atoms with E-state index in [0.29, 0.717) is 25.3 Å². The summed E-state index contributed by atoms with van der Waals surface area (Å²) in [6, 6.07) is 7.33. The molecule has 0 aromatic heterocycles. The van der Waals surface area contributed by atoms with Crippen molar-refractivity contribution in [3.63, 3.8) is 0 Å². The van der Waals surface area contributed by atoms with Gasteiger partial charge in [-0.05, 0) is 56.6 Å². The van der Waals surface area contributed by atoms with Crippen molar-refractivity contribution in [3.05, 3.63) is 24.3 Å². The molecule has 0 N–H and O–H groups in total. The van der Waals surface area contributed by atoms with Crippen LogP contribution < -0.4 is 9.64 Å².